The van der Waals surface area contributed by atoms with Gasteiger partial charge in [-0.25, -0.2) is 13.3 Å². The lowest BCUT2D eigenvalue weighted by molar-refractivity contribution is -0.112. The van der Waals surface area contributed by atoms with E-state index in [-0.39, 0.29) is 13.1 Å². The summed E-state index contributed by atoms with van der Waals surface area (Å²) in [6, 6.07) is 22.9. The Labute approximate surface area is 220 Å². The predicted octanol–water partition coefficient (Wildman–Crippen LogP) is 4.49. The quantitative estimate of drug-likeness (QED) is 0.357. The molecule has 5 rings (SSSR count). The number of para-hydroxylation sites is 1. The van der Waals surface area contributed by atoms with Gasteiger partial charge in [0.25, 0.3) is 11.8 Å². The molecule has 2 aliphatic rings. The van der Waals surface area contributed by atoms with Gasteiger partial charge in [0, 0.05) is 48.9 Å². The molecule has 2 aliphatic heterocycles. The van der Waals surface area contributed by atoms with Gasteiger partial charge in [0.1, 0.15) is 0 Å². The van der Waals surface area contributed by atoms with Crippen molar-refractivity contribution in [1.82, 2.24) is 9.21 Å². The van der Waals surface area contributed by atoms with Crippen LogP contribution in [0.3, 0.4) is 0 Å². The highest BCUT2D eigenvalue weighted by Gasteiger charge is 2.37. The van der Waals surface area contributed by atoms with E-state index in [4.69, 9.17) is 11.6 Å². The van der Waals surface area contributed by atoms with Crippen molar-refractivity contribution < 1.29 is 18.0 Å². The first-order chi connectivity index (χ1) is 17.8. The molecule has 0 spiro atoms. The maximum atomic E-state index is 13.6. The summed E-state index contributed by atoms with van der Waals surface area (Å²) in [5.74, 6) is -0.912. The minimum atomic E-state index is -3.58. The first-order valence-corrected chi connectivity index (χ1v) is 13.7. The summed E-state index contributed by atoms with van der Waals surface area (Å²) in [5, 5.41) is 1.52. The van der Waals surface area contributed by atoms with Gasteiger partial charge < -0.3 is 4.90 Å². The van der Waals surface area contributed by atoms with Gasteiger partial charge in [-0.05, 0) is 29.8 Å². The standard InChI is InChI=1S/C28H24ClN3O4S/c29-25-12-6-7-13-26(25)32-27(33)23-11-5-4-10-22(23)24(28(32)34)20-30-15-17-31(18-16-30)37(35,36)19-14-21-8-2-1-3-9-21/h1-14,19-20H,15-18H2. The Kier molecular flexibility index (Phi) is 6.97. The lowest BCUT2D eigenvalue weighted by atomic mass is 9.93. The topological polar surface area (TPSA) is 78.0 Å². The number of hydrogen-bond acceptors (Lipinski definition) is 5. The second kappa shape index (κ2) is 10.3. The van der Waals surface area contributed by atoms with Crippen LogP contribution in [-0.2, 0) is 14.8 Å². The SMILES string of the molecule is O=C1C(=CN2CCN(S(=O)(=O)C=Cc3ccccc3)CC2)c2ccccc2C(=O)N1c1ccccc1Cl. The van der Waals surface area contributed by atoms with Crippen LogP contribution in [0.25, 0.3) is 11.6 Å². The van der Waals surface area contributed by atoms with Gasteiger partial charge in [-0.1, -0.05) is 72.3 Å². The van der Waals surface area contributed by atoms with Crippen molar-refractivity contribution in [2.24, 2.45) is 0 Å². The van der Waals surface area contributed by atoms with Crippen molar-refractivity contribution in [3.05, 3.63) is 112 Å². The molecule has 3 aromatic carbocycles. The molecule has 0 N–H and O–H groups in total. The van der Waals surface area contributed by atoms with Crippen LogP contribution in [-0.4, -0.2) is 55.6 Å². The van der Waals surface area contributed by atoms with E-state index < -0.39 is 21.8 Å². The summed E-state index contributed by atoms with van der Waals surface area (Å²) in [5.41, 5.74) is 2.43. The van der Waals surface area contributed by atoms with E-state index in [1.165, 1.54) is 9.71 Å². The first kappa shape index (κ1) is 25.0. The van der Waals surface area contributed by atoms with Crippen LogP contribution in [0.2, 0.25) is 5.02 Å². The molecule has 0 saturated carbocycles. The molecule has 0 bridgehead atoms. The van der Waals surface area contributed by atoms with Gasteiger partial charge in [-0.2, -0.15) is 4.31 Å². The van der Waals surface area contributed by atoms with Crippen molar-refractivity contribution >= 4 is 50.8 Å². The monoisotopic (exact) mass is 533 g/mol. The van der Waals surface area contributed by atoms with Crippen molar-refractivity contribution in [2.75, 3.05) is 31.1 Å². The number of piperazine rings is 1. The maximum Gasteiger partial charge on any atom is 0.267 e. The number of hydrogen-bond donors (Lipinski definition) is 0. The van der Waals surface area contributed by atoms with Crippen LogP contribution < -0.4 is 4.90 Å². The summed E-state index contributed by atoms with van der Waals surface area (Å²) in [4.78, 5) is 29.9. The molecule has 1 fully saturated rings. The summed E-state index contributed by atoms with van der Waals surface area (Å²) in [6.45, 7) is 1.34. The van der Waals surface area contributed by atoms with Crippen LogP contribution in [0, 0.1) is 0 Å². The zero-order valence-electron chi connectivity index (χ0n) is 19.8. The Morgan fingerprint density at radius 3 is 2.05 bits per heavy atom. The second-order valence-corrected chi connectivity index (χ2v) is 10.9. The molecule has 0 aliphatic carbocycles. The van der Waals surface area contributed by atoms with Gasteiger partial charge in [0.05, 0.1) is 16.3 Å². The Balaban J connectivity index is 1.38. The lowest BCUT2D eigenvalue weighted by Crippen LogP contribution is -2.47. The molecule has 9 heteroatoms. The molecule has 188 valence electrons. The molecule has 2 amide bonds. The number of carbonyl (C=O) groups is 2. The highest BCUT2D eigenvalue weighted by Crippen LogP contribution is 2.35. The molecular weight excluding hydrogens is 510 g/mol. The zero-order valence-corrected chi connectivity index (χ0v) is 21.4. The van der Waals surface area contributed by atoms with Crippen molar-refractivity contribution in [2.45, 2.75) is 0 Å². The fraction of sp³-hybridized carbons (Fsp3) is 0.143. The molecular formula is C28H24ClN3O4S. The Morgan fingerprint density at radius 1 is 0.730 bits per heavy atom. The summed E-state index contributed by atoms with van der Waals surface area (Å²) in [7, 11) is -3.58. The third-order valence-electron chi connectivity index (χ3n) is 6.35. The molecule has 1 saturated heterocycles. The van der Waals surface area contributed by atoms with E-state index in [2.05, 4.69) is 0 Å². The van der Waals surface area contributed by atoms with Crippen LogP contribution in [0.15, 0.2) is 90.5 Å². The number of imide groups is 1. The van der Waals surface area contributed by atoms with E-state index in [0.717, 1.165) is 10.5 Å². The Hall–Kier alpha value is -3.72. The van der Waals surface area contributed by atoms with E-state index >= 15 is 0 Å². The first-order valence-electron chi connectivity index (χ1n) is 11.8. The predicted molar refractivity (Wildman–Crippen MR) is 145 cm³/mol. The van der Waals surface area contributed by atoms with Gasteiger partial charge in [0.15, 0.2) is 0 Å². The number of amides is 2. The largest absolute Gasteiger partial charge is 0.374 e. The van der Waals surface area contributed by atoms with Gasteiger partial charge in [-0.3, -0.25) is 9.59 Å². The van der Waals surface area contributed by atoms with E-state index in [0.29, 0.717) is 40.5 Å². The summed E-state index contributed by atoms with van der Waals surface area (Å²) in [6.07, 6.45) is 3.31. The van der Waals surface area contributed by atoms with Crippen LogP contribution in [0.1, 0.15) is 21.5 Å². The van der Waals surface area contributed by atoms with Crippen LogP contribution >= 0.6 is 11.6 Å². The number of anilines is 1. The molecule has 0 radical (unpaired) electrons. The van der Waals surface area contributed by atoms with E-state index in [1.807, 2.05) is 35.2 Å². The Morgan fingerprint density at radius 2 is 1.35 bits per heavy atom. The minimum absolute atomic E-state index is 0.272. The number of carbonyl (C=O) groups excluding carboxylic acids is 2. The normalized spacial score (nSPS) is 18.0. The zero-order chi connectivity index (χ0) is 26.0. The smallest absolute Gasteiger partial charge is 0.267 e. The number of sulfonamides is 1. The van der Waals surface area contributed by atoms with E-state index in [1.54, 1.807) is 60.8 Å². The van der Waals surface area contributed by atoms with Gasteiger partial charge in [0.2, 0.25) is 10.0 Å². The van der Waals surface area contributed by atoms with Gasteiger partial charge >= 0.3 is 0 Å². The highest BCUT2D eigenvalue weighted by atomic mass is 35.5. The van der Waals surface area contributed by atoms with Gasteiger partial charge in [-0.15, -0.1) is 0 Å². The number of halogens is 1. The average molecular weight is 534 g/mol. The fourth-order valence-corrected chi connectivity index (χ4v) is 5.81. The highest BCUT2D eigenvalue weighted by molar-refractivity contribution is 7.92. The molecule has 0 atom stereocenters. The summed E-state index contributed by atoms with van der Waals surface area (Å²) < 4.78 is 27.1. The summed E-state index contributed by atoms with van der Waals surface area (Å²) >= 11 is 6.33. The fourth-order valence-electron chi connectivity index (χ4n) is 4.41. The van der Waals surface area contributed by atoms with Crippen molar-refractivity contribution in [3.63, 3.8) is 0 Å². The molecule has 2 heterocycles. The maximum absolute atomic E-state index is 13.6. The van der Waals surface area contributed by atoms with E-state index in [9.17, 15) is 18.0 Å². The van der Waals surface area contributed by atoms with Crippen LogP contribution in [0.5, 0.6) is 0 Å². The number of benzene rings is 3. The molecule has 3 aromatic rings. The molecule has 37 heavy (non-hydrogen) atoms. The second-order valence-electron chi connectivity index (χ2n) is 8.68. The van der Waals surface area contributed by atoms with Crippen molar-refractivity contribution in [1.29, 1.82) is 0 Å². The molecule has 7 nitrogen and oxygen atoms in total. The third-order valence-corrected chi connectivity index (χ3v) is 8.24. The van der Waals surface area contributed by atoms with Crippen molar-refractivity contribution in [3.8, 4) is 0 Å². The third kappa shape index (κ3) is 5.09. The Bertz CT molecular complexity index is 1510. The van der Waals surface area contributed by atoms with Crippen LogP contribution in [0.4, 0.5) is 5.69 Å². The number of nitrogens with zero attached hydrogens (tertiary/aromatic N) is 3. The number of rotatable bonds is 5. The lowest BCUT2D eigenvalue weighted by Gasteiger charge is -2.34. The molecule has 0 aromatic heterocycles. The number of fused-ring (bicyclic) bond motifs is 1. The minimum Gasteiger partial charge on any atom is -0.374 e. The average Bonchev–Trinajstić information content (AvgIpc) is 2.92. The molecule has 0 unspecified atom stereocenters.